The lowest BCUT2D eigenvalue weighted by Crippen LogP contribution is -2.46. The highest BCUT2D eigenvalue weighted by Crippen LogP contribution is 2.42. The van der Waals surface area contributed by atoms with Crippen LogP contribution >= 0.6 is 15.9 Å². The van der Waals surface area contributed by atoms with Crippen molar-refractivity contribution in [2.75, 3.05) is 12.4 Å². The van der Waals surface area contributed by atoms with Crippen molar-refractivity contribution in [2.45, 2.75) is 5.92 Å². The van der Waals surface area contributed by atoms with Crippen molar-refractivity contribution in [1.82, 2.24) is 9.13 Å². The van der Waals surface area contributed by atoms with Gasteiger partial charge in [-0.15, -0.1) is 0 Å². The zero-order valence-corrected chi connectivity index (χ0v) is 16.2. The predicted molar refractivity (Wildman–Crippen MR) is 101 cm³/mol. The van der Waals surface area contributed by atoms with Gasteiger partial charge in [0.25, 0.3) is 5.56 Å². The lowest BCUT2D eigenvalue weighted by atomic mass is 9.77. The third-order valence-electron chi connectivity index (χ3n) is 4.66. The molecule has 2 unspecified atom stereocenters. The summed E-state index contributed by atoms with van der Waals surface area (Å²) in [7, 11) is 4.28. The van der Waals surface area contributed by atoms with E-state index in [2.05, 4.69) is 27.8 Å². The average molecular weight is 420 g/mol. The van der Waals surface area contributed by atoms with Crippen molar-refractivity contribution in [3.63, 3.8) is 0 Å². The second-order valence-corrected chi connectivity index (χ2v) is 7.07. The number of anilines is 1. The van der Waals surface area contributed by atoms with Crippen molar-refractivity contribution in [1.29, 1.82) is 0 Å². The number of carbonyl (C=O) groups is 1. The summed E-state index contributed by atoms with van der Waals surface area (Å²) in [5.74, 6) is -1.59. The number of nitrogens with one attached hydrogen (secondary N) is 1. The number of rotatable bonds is 2. The normalized spacial score (nSPS) is 18.8. The fourth-order valence-corrected chi connectivity index (χ4v) is 3.78. The van der Waals surface area contributed by atoms with Crippen LogP contribution in [0, 0.1) is 5.92 Å². The fourth-order valence-electron chi connectivity index (χ4n) is 3.36. The Kier molecular flexibility index (Phi) is 4.62. The van der Waals surface area contributed by atoms with Gasteiger partial charge in [0.15, 0.2) is 0 Å². The molecule has 0 amide bonds. The van der Waals surface area contributed by atoms with Crippen molar-refractivity contribution in [3.05, 3.63) is 73.0 Å². The fraction of sp³-hybridized carbons (Fsp3) is 0.278. The van der Waals surface area contributed by atoms with Gasteiger partial charge in [0.2, 0.25) is 0 Å². The molecule has 0 saturated carbocycles. The Morgan fingerprint density at radius 2 is 1.96 bits per heavy atom. The molecule has 136 valence electrons. The molecular formula is C18H18BrN3O4. The van der Waals surface area contributed by atoms with Crippen LogP contribution in [0.3, 0.4) is 0 Å². The number of carbonyl (C=O) groups excluding carboxylic acids is 1. The molecule has 26 heavy (non-hydrogen) atoms. The smallest absolute Gasteiger partial charge is 0.332 e. The number of fused-ring (bicyclic) bond motifs is 1. The van der Waals surface area contributed by atoms with Crippen LogP contribution in [0.25, 0.3) is 0 Å². The van der Waals surface area contributed by atoms with Gasteiger partial charge in [-0.3, -0.25) is 18.7 Å². The number of halogens is 1. The molecule has 2 heterocycles. The highest BCUT2D eigenvalue weighted by molar-refractivity contribution is 9.10. The molecule has 0 spiro atoms. The van der Waals surface area contributed by atoms with Gasteiger partial charge in [-0.25, -0.2) is 4.79 Å². The van der Waals surface area contributed by atoms with E-state index in [1.54, 1.807) is 7.05 Å². The van der Waals surface area contributed by atoms with Crippen molar-refractivity contribution >= 4 is 27.7 Å². The highest BCUT2D eigenvalue weighted by atomic mass is 79.9. The van der Waals surface area contributed by atoms with Gasteiger partial charge in [0.1, 0.15) is 11.7 Å². The lowest BCUT2D eigenvalue weighted by molar-refractivity contribution is -0.144. The van der Waals surface area contributed by atoms with Crippen LogP contribution in [0.15, 0.2) is 50.6 Å². The molecule has 0 fully saturated rings. The molecule has 1 N–H and O–H groups in total. The van der Waals surface area contributed by atoms with E-state index < -0.39 is 29.1 Å². The molecule has 0 saturated heterocycles. The minimum absolute atomic E-state index is 0.329. The van der Waals surface area contributed by atoms with Gasteiger partial charge in [-0.05, 0) is 17.7 Å². The average Bonchev–Trinajstić information content (AvgIpc) is 2.63. The molecule has 0 bridgehead atoms. The summed E-state index contributed by atoms with van der Waals surface area (Å²) >= 11 is 3.42. The summed E-state index contributed by atoms with van der Waals surface area (Å²) in [6, 6.07) is 7.35. The van der Waals surface area contributed by atoms with Crippen molar-refractivity contribution in [2.24, 2.45) is 20.0 Å². The Bertz CT molecular complexity index is 1040. The third-order valence-corrected chi connectivity index (χ3v) is 5.15. The second kappa shape index (κ2) is 6.60. The minimum Gasteiger partial charge on any atom is -0.468 e. The zero-order chi connectivity index (χ0) is 19.2. The Labute approximate surface area is 158 Å². The largest absolute Gasteiger partial charge is 0.468 e. The van der Waals surface area contributed by atoms with Gasteiger partial charge in [0.05, 0.1) is 12.7 Å². The number of nitrogens with zero attached hydrogens (tertiary/aromatic N) is 2. The van der Waals surface area contributed by atoms with Crippen LogP contribution in [0.2, 0.25) is 0 Å². The maximum Gasteiger partial charge on any atom is 0.332 e. The Morgan fingerprint density at radius 1 is 1.27 bits per heavy atom. The minimum atomic E-state index is -0.799. The van der Waals surface area contributed by atoms with Gasteiger partial charge >= 0.3 is 11.7 Å². The first-order valence-corrected chi connectivity index (χ1v) is 8.66. The maximum absolute atomic E-state index is 12.9. The zero-order valence-electron chi connectivity index (χ0n) is 14.6. The molecule has 8 heteroatoms. The summed E-state index contributed by atoms with van der Waals surface area (Å²) in [4.78, 5) is 37.7. The number of hydrogen-bond donors (Lipinski definition) is 1. The van der Waals surface area contributed by atoms with Crippen LogP contribution in [-0.4, -0.2) is 22.2 Å². The summed E-state index contributed by atoms with van der Waals surface area (Å²) in [5, 5.41) is 2.96. The van der Waals surface area contributed by atoms with E-state index in [1.807, 2.05) is 24.3 Å². The number of benzene rings is 1. The second-order valence-electron chi connectivity index (χ2n) is 6.15. The molecular weight excluding hydrogens is 402 g/mol. The standard InChI is InChI=1S/C18H18BrN3O4/c1-9-12(17(24)26-4)13(10-6-5-7-11(19)8-10)14-15(20-9)21(2)18(25)22(3)16(14)23/h5-8,12-13,20H,1H2,2-4H3. The van der Waals surface area contributed by atoms with Gasteiger partial charge in [-0.1, -0.05) is 34.6 Å². The van der Waals surface area contributed by atoms with E-state index >= 15 is 0 Å². The summed E-state index contributed by atoms with van der Waals surface area (Å²) in [6.07, 6.45) is 0. The number of ether oxygens (including phenoxy) is 1. The number of hydrogen-bond acceptors (Lipinski definition) is 5. The van der Waals surface area contributed by atoms with E-state index in [-0.39, 0.29) is 0 Å². The van der Waals surface area contributed by atoms with Crippen LogP contribution in [0.5, 0.6) is 0 Å². The van der Waals surface area contributed by atoms with Gasteiger partial charge in [-0.2, -0.15) is 0 Å². The number of aromatic nitrogens is 2. The van der Waals surface area contributed by atoms with Gasteiger partial charge in [0, 0.05) is 30.2 Å². The van der Waals surface area contributed by atoms with E-state index in [9.17, 15) is 14.4 Å². The van der Waals surface area contributed by atoms with E-state index in [0.717, 1.165) is 14.6 Å². The monoisotopic (exact) mass is 419 g/mol. The molecule has 1 aromatic heterocycles. The molecule has 1 aromatic carbocycles. The summed E-state index contributed by atoms with van der Waals surface area (Å²) < 4.78 is 8.15. The maximum atomic E-state index is 12.9. The molecule has 2 atom stereocenters. The molecule has 0 aliphatic carbocycles. The number of methoxy groups -OCH3 is 1. The lowest BCUT2D eigenvalue weighted by Gasteiger charge is -2.35. The summed E-state index contributed by atoms with van der Waals surface area (Å²) in [5.41, 5.74) is 0.531. The first-order chi connectivity index (χ1) is 12.3. The van der Waals surface area contributed by atoms with Crippen LogP contribution in [0.1, 0.15) is 17.0 Å². The summed E-state index contributed by atoms with van der Waals surface area (Å²) in [6.45, 7) is 3.94. The third kappa shape index (κ3) is 2.70. The van der Waals surface area contributed by atoms with Crippen molar-refractivity contribution in [3.8, 4) is 0 Å². The Balaban J connectivity index is 2.40. The van der Waals surface area contributed by atoms with E-state index in [4.69, 9.17) is 4.74 Å². The van der Waals surface area contributed by atoms with E-state index in [0.29, 0.717) is 17.1 Å². The van der Waals surface area contributed by atoms with E-state index in [1.165, 1.54) is 18.7 Å². The first-order valence-electron chi connectivity index (χ1n) is 7.87. The molecule has 3 rings (SSSR count). The van der Waals surface area contributed by atoms with Crippen LogP contribution in [-0.2, 0) is 23.6 Å². The topological polar surface area (TPSA) is 82.3 Å². The Morgan fingerprint density at radius 3 is 2.58 bits per heavy atom. The SMILES string of the molecule is C=C1Nc2c(c(=O)n(C)c(=O)n2C)C(c2cccc(Br)c2)C1C(=O)OC. The first kappa shape index (κ1) is 18.2. The number of esters is 1. The highest BCUT2D eigenvalue weighted by Gasteiger charge is 2.42. The molecule has 0 radical (unpaired) electrons. The van der Waals surface area contributed by atoms with Crippen LogP contribution in [0.4, 0.5) is 5.82 Å². The van der Waals surface area contributed by atoms with Gasteiger partial charge < -0.3 is 10.1 Å². The molecule has 1 aliphatic heterocycles. The van der Waals surface area contributed by atoms with Crippen molar-refractivity contribution < 1.29 is 9.53 Å². The Hall–Kier alpha value is -2.61. The molecule has 2 aromatic rings. The van der Waals surface area contributed by atoms with Crippen LogP contribution < -0.4 is 16.6 Å². The molecule has 7 nitrogen and oxygen atoms in total. The molecule has 1 aliphatic rings. The quantitative estimate of drug-likeness (QED) is 0.749. The predicted octanol–water partition coefficient (Wildman–Crippen LogP) is 1.71.